The Labute approximate surface area is 149 Å². The summed E-state index contributed by atoms with van der Waals surface area (Å²) in [5.41, 5.74) is 4.70. The Bertz CT molecular complexity index is 866. The number of halogens is 1. The predicted octanol–water partition coefficient (Wildman–Crippen LogP) is 2.20. The van der Waals surface area contributed by atoms with Gasteiger partial charge in [0.05, 0.1) is 21.1 Å². The summed E-state index contributed by atoms with van der Waals surface area (Å²) in [5, 5.41) is 14.8. The molecule has 0 bridgehead atoms. The molecule has 0 saturated carbocycles. The van der Waals surface area contributed by atoms with E-state index in [0.717, 1.165) is 23.5 Å². The Morgan fingerprint density at radius 3 is 2.64 bits per heavy atom. The number of carbonyl (C=O) groups is 3. The van der Waals surface area contributed by atoms with Crippen LogP contribution in [-0.4, -0.2) is 29.3 Å². The van der Waals surface area contributed by atoms with Gasteiger partial charge in [-0.05, 0) is 17.5 Å². The van der Waals surface area contributed by atoms with E-state index in [2.05, 4.69) is 5.32 Å². The van der Waals surface area contributed by atoms with Crippen molar-refractivity contribution in [3.8, 4) is 0 Å². The lowest BCUT2D eigenvalue weighted by atomic mass is 10.2. The monoisotopic (exact) mass is 383 g/mol. The number of nitro groups is 1. The molecule has 0 unspecified atom stereocenters. The van der Waals surface area contributed by atoms with Gasteiger partial charge in [0.2, 0.25) is 0 Å². The number of nitro benzene ring substituents is 1. The number of nitrogens with one attached hydrogen (secondary N) is 1. The van der Waals surface area contributed by atoms with Gasteiger partial charge < -0.3 is 15.8 Å². The van der Waals surface area contributed by atoms with Crippen LogP contribution in [-0.2, 0) is 9.53 Å². The fraction of sp³-hybridized carbons (Fsp3) is 0.0714. The van der Waals surface area contributed by atoms with Gasteiger partial charge >= 0.3 is 5.97 Å². The van der Waals surface area contributed by atoms with Crippen molar-refractivity contribution in [2.24, 2.45) is 5.73 Å². The summed E-state index contributed by atoms with van der Waals surface area (Å²) in [6.07, 6.45) is 0. The molecule has 0 atom stereocenters. The highest BCUT2D eigenvalue weighted by Crippen LogP contribution is 2.24. The summed E-state index contributed by atoms with van der Waals surface area (Å²) >= 11 is 6.88. The van der Waals surface area contributed by atoms with Crippen LogP contribution >= 0.6 is 22.9 Å². The summed E-state index contributed by atoms with van der Waals surface area (Å²) in [5.74, 6) is -2.41. The fourth-order valence-electron chi connectivity index (χ4n) is 1.75. The lowest BCUT2D eigenvalue weighted by Crippen LogP contribution is -2.22. The Morgan fingerprint density at radius 1 is 1.28 bits per heavy atom. The molecule has 0 radical (unpaired) electrons. The molecule has 25 heavy (non-hydrogen) atoms. The van der Waals surface area contributed by atoms with E-state index < -0.39 is 29.3 Å². The van der Waals surface area contributed by atoms with Gasteiger partial charge in [-0.15, -0.1) is 11.3 Å². The van der Waals surface area contributed by atoms with Gasteiger partial charge in [-0.25, -0.2) is 4.79 Å². The number of carbonyl (C=O) groups excluding carboxylic acids is 3. The Hall–Kier alpha value is -2.98. The first kappa shape index (κ1) is 18.4. The molecule has 0 saturated heterocycles. The van der Waals surface area contributed by atoms with Crippen LogP contribution in [0.1, 0.15) is 20.7 Å². The molecule has 11 heteroatoms. The maximum atomic E-state index is 11.9. The van der Waals surface area contributed by atoms with E-state index in [1.807, 2.05) is 0 Å². The average molecular weight is 384 g/mol. The van der Waals surface area contributed by atoms with E-state index in [1.165, 1.54) is 12.1 Å². The second-order valence-electron chi connectivity index (χ2n) is 4.57. The average Bonchev–Trinajstić information content (AvgIpc) is 3.01. The molecule has 2 aromatic rings. The number of amides is 2. The number of hydrogen-bond acceptors (Lipinski definition) is 7. The van der Waals surface area contributed by atoms with Gasteiger partial charge in [-0.1, -0.05) is 11.6 Å². The molecular formula is C14H10ClN3O6S. The summed E-state index contributed by atoms with van der Waals surface area (Å²) < 4.78 is 4.78. The van der Waals surface area contributed by atoms with Gasteiger partial charge in [0.15, 0.2) is 6.61 Å². The molecule has 1 aromatic heterocycles. The minimum absolute atomic E-state index is 0.0507. The molecule has 0 fully saturated rings. The summed E-state index contributed by atoms with van der Waals surface area (Å²) in [4.78, 5) is 44.9. The minimum Gasteiger partial charge on any atom is -0.452 e. The molecule has 1 heterocycles. The maximum absolute atomic E-state index is 11.9. The molecule has 0 aliphatic carbocycles. The van der Waals surface area contributed by atoms with Crippen molar-refractivity contribution >= 4 is 51.4 Å². The number of nitrogens with two attached hydrogens (primary N) is 1. The Kier molecular flexibility index (Phi) is 5.67. The molecule has 0 aliphatic heterocycles. The van der Waals surface area contributed by atoms with Crippen molar-refractivity contribution in [3.63, 3.8) is 0 Å². The zero-order valence-electron chi connectivity index (χ0n) is 12.4. The first-order valence-corrected chi connectivity index (χ1v) is 7.83. The summed E-state index contributed by atoms with van der Waals surface area (Å²) in [6, 6.07) is 4.71. The van der Waals surface area contributed by atoms with Crippen LogP contribution in [0.5, 0.6) is 0 Å². The topological polar surface area (TPSA) is 142 Å². The number of non-ortho nitro benzene ring substituents is 1. The normalized spacial score (nSPS) is 10.1. The van der Waals surface area contributed by atoms with Crippen molar-refractivity contribution in [1.29, 1.82) is 0 Å². The third kappa shape index (κ3) is 4.52. The highest BCUT2D eigenvalue weighted by Gasteiger charge is 2.19. The number of hydrogen-bond donors (Lipinski definition) is 2. The Balaban J connectivity index is 2.01. The number of ether oxygens (including phenoxy) is 1. The van der Waals surface area contributed by atoms with Gasteiger partial charge in [-0.2, -0.15) is 0 Å². The third-order valence-electron chi connectivity index (χ3n) is 2.90. The SMILES string of the molecule is NC(=O)c1ccsc1NC(=O)COC(=O)c1cc([N+](=O)[O-])ccc1Cl. The highest BCUT2D eigenvalue weighted by atomic mass is 35.5. The molecule has 9 nitrogen and oxygen atoms in total. The molecule has 1 aromatic carbocycles. The van der Waals surface area contributed by atoms with Crippen LogP contribution in [0.4, 0.5) is 10.7 Å². The van der Waals surface area contributed by atoms with Gasteiger partial charge in [0.25, 0.3) is 17.5 Å². The fourth-order valence-corrected chi connectivity index (χ4v) is 2.76. The molecule has 3 N–H and O–H groups in total. The van der Waals surface area contributed by atoms with E-state index in [4.69, 9.17) is 22.1 Å². The van der Waals surface area contributed by atoms with Crippen LogP contribution in [0.25, 0.3) is 0 Å². The van der Waals surface area contributed by atoms with Gasteiger partial charge in [0, 0.05) is 12.1 Å². The number of primary amides is 1. The van der Waals surface area contributed by atoms with Gasteiger partial charge in [-0.3, -0.25) is 19.7 Å². The molecular weight excluding hydrogens is 374 g/mol. The molecule has 130 valence electrons. The first-order chi connectivity index (χ1) is 11.8. The number of rotatable bonds is 6. The smallest absolute Gasteiger partial charge is 0.340 e. The van der Waals surface area contributed by atoms with E-state index in [0.29, 0.717) is 0 Å². The molecule has 0 spiro atoms. The lowest BCUT2D eigenvalue weighted by molar-refractivity contribution is -0.384. The number of thiophene rings is 1. The zero-order chi connectivity index (χ0) is 18.6. The second kappa shape index (κ2) is 7.73. The highest BCUT2D eigenvalue weighted by molar-refractivity contribution is 7.14. The van der Waals surface area contributed by atoms with Crippen LogP contribution in [0, 0.1) is 10.1 Å². The number of nitrogens with zero attached hydrogens (tertiary/aromatic N) is 1. The minimum atomic E-state index is -0.995. The maximum Gasteiger partial charge on any atom is 0.340 e. The standard InChI is InChI=1S/C14H10ClN3O6S/c15-10-2-1-7(18(22)23)5-9(10)14(21)24-6-11(19)17-13-8(12(16)20)3-4-25-13/h1-5H,6H2,(H2,16,20)(H,17,19). The molecule has 0 aliphatic rings. The van der Waals surface area contributed by atoms with Gasteiger partial charge in [0.1, 0.15) is 5.00 Å². The summed E-state index contributed by atoms with van der Waals surface area (Å²) in [7, 11) is 0. The predicted molar refractivity (Wildman–Crippen MR) is 89.9 cm³/mol. The van der Waals surface area contributed by atoms with Crippen LogP contribution in [0.3, 0.4) is 0 Å². The van der Waals surface area contributed by atoms with E-state index in [1.54, 1.807) is 5.38 Å². The van der Waals surface area contributed by atoms with Crippen LogP contribution < -0.4 is 11.1 Å². The van der Waals surface area contributed by atoms with Crippen molar-refractivity contribution in [2.45, 2.75) is 0 Å². The molecule has 2 rings (SSSR count). The van der Waals surface area contributed by atoms with Crippen molar-refractivity contribution in [2.75, 3.05) is 11.9 Å². The molecule has 2 amide bonds. The largest absolute Gasteiger partial charge is 0.452 e. The second-order valence-corrected chi connectivity index (χ2v) is 5.90. The number of esters is 1. The number of anilines is 1. The van der Waals surface area contributed by atoms with E-state index in [9.17, 15) is 24.5 Å². The van der Waals surface area contributed by atoms with Crippen LogP contribution in [0.15, 0.2) is 29.6 Å². The summed E-state index contributed by atoms with van der Waals surface area (Å²) in [6.45, 7) is -0.673. The van der Waals surface area contributed by atoms with Crippen molar-refractivity contribution in [1.82, 2.24) is 0 Å². The van der Waals surface area contributed by atoms with Crippen molar-refractivity contribution < 1.29 is 24.0 Å². The quantitative estimate of drug-likeness (QED) is 0.445. The lowest BCUT2D eigenvalue weighted by Gasteiger charge is -2.07. The number of benzene rings is 1. The first-order valence-electron chi connectivity index (χ1n) is 6.58. The van der Waals surface area contributed by atoms with E-state index >= 15 is 0 Å². The Morgan fingerprint density at radius 2 is 2.00 bits per heavy atom. The van der Waals surface area contributed by atoms with Crippen molar-refractivity contribution in [3.05, 3.63) is 55.9 Å². The third-order valence-corrected chi connectivity index (χ3v) is 4.06. The van der Waals surface area contributed by atoms with E-state index in [-0.39, 0.29) is 26.8 Å². The zero-order valence-corrected chi connectivity index (χ0v) is 13.9. The van der Waals surface area contributed by atoms with Crippen LogP contribution in [0.2, 0.25) is 5.02 Å².